The Bertz CT molecular complexity index is 1250. The third-order valence-corrected chi connectivity index (χ3v) is 6.50. The molecule has 1 aliphatic heterocycles. The van der Waals surface area contributed by atoms with Crippen LogP contribution in [-0.2, 0) is 16.1 Å². The van der Waals surface area contributed by atoms with E-state index in [4.69, 9.17) is 9.47 Å². The molecule has 1 aromatic heterocycles. The van der Waals surface area contributed by atoms with E-state index in [0.717, 1.165) is 34.4 Å². The lowest BCUT2D eigenvalue weighted by atomic mass is 10.2. The predicted molar refractivity (Wildman–Crippen MR) is 131 cm³/mol. The van der Waals surface area contributed by atoms with Gasteiger partial charge in [-0.15, -0.1) is 0 Å². The molecule has 6 nitrogen and oxygen atoms in total. The number of imide groups is 1. The van der Waals surface area contributed by atoms with Crippen LogP contribution in [0.3, 0.4) is 0 Å². The van der Waals surface area contributed by atoms with E-state index in [1.165, 1.54) is 18.1 Å². The predicted octanol–water partition coefficient (Wildman–Crippen LogP) is 5.49. The summed E-state index contributed by atoms with van der Waals surface area (Å²) in [7, 11) is 1.53. The van der Waals surface area contributed by atoms with Gasteiger partial charge >= 0.3 is 0 Å². The lowest BCUT2D eigenvalue weighted by Crippen LogP contribution is -2.31. The first-order valence-corrected chi connectivity index (χ1v) is 11.6. The van der Waals surface area contributed by atoms with Gasteiger partial charge in [0.2, 0.25) is 0 Å². The van der Waals surface area contributed by atoms with Gasteiger partial charge in [0.05, 0.1) is 18.1 Å². The van der Waals surface area contributed by atoms with Crippen LogP contribution in [0, 0.1) is 19.7 Å². The molecule has 2 heterocycles. The van der Waals surface area contributed by atoms with Crippen molar-refractivity contribution in [1.82, 2.24) is 9.47 Å². The number of hydrogen-bond acceptors (Lipinski definition) is 5. The fraction of sp³-hybridized carbons (Fsp3) is 0.231. The summed E-state index contributed by atoms with van der Waals surface area (Å²) in [6.07, 6.45) is 1.77. The largest absolute Gasteiger partial charge is 0.489 e. The number of benzene rings is 2. The van der Waals surface area contributed by atoms with Crippen LogP contribution in [0.25, 0.3) is 11.8 Å². The van der Waals surface area contributed by atoms with Gasteiger partial charge in [0.15, 0.2) is 0 Å². The van der Waals surface area contributed by atoms with Gasteiger partial charge in [-0.1, -0.05) is 18.2 Å². The number of carbonyl (C=O) groups is 2. The lowest BCUT2D eigenvalue weighted by molar-refractivity contribution is -0.123. The molecule has 0 N–H and O–H groups in total. The normalized spacial score (nSPS) is 14.9. The first-order chi connectivity index (χ1) is 16.4. The van der Waals surface area contributed by atoms with Gasteiger partial charge in [0, 0.05) is 29.7 Å². The van der Waals surface area contributed by atoms with Crippen molar-refractivity contribution in [1.29, 1.82) is 0 Å². The molecule has 1 saturated heterocycles. The summed E-state index contributed by atoms with van der Waals surface area (Å²) in [6, 6.07) is 16.1. The second-order valence-corrected chi connectivity index (χ2v) is 8.86. The van der Waals surface area contributed by atoms with Crippen LogP contribution in [-0.4, -0.2) is 40.9 Å². The second kappa shape index (κ2) is 10.3. The number of thioether (sulfide) groups is 1. The van der Waals surface area contributed by atoms with Gasteiger partial charge in [0.1, 0.15) is 18.2 Å². The maximum atomic E-state index is 13.8. The van der Waals surface area contributed by atoms with Crippen molar-refractivity contribution in [2.45, 2.75) is 20.5 Å². The molecule has 0 spiro atoms. The summed E-state index contributed by atoms with van der Waals surface area (Å²) in [4.78, 5) is 26.4. The van der Waals surface area contributed by atoms with Crippen LogP contribution in [0.4, 0.5) is 9.18 Å². The van der Waals surface area contributed by atoms with E-state index in [1.807, 2.05) is 44.2 Å². The highest BCUT2D eigenvalue weighted by atomic mass is 32.2. The van der Waals surface area contributed by atoms with Gasteiger partial charge in [-0.05, 0) is 73.6 Å². The average Bonchev–Trinajstić information content (AvgIpc) is 3.25. The number of carbonyl (C=O) groups excluding carboxylic acids is 2. The van der Waals surface area contributed by atoms with Gasteiger partial charge in [0.25, 0.3) is 11.1 Å². The smallest absolute Gasteiger partial charge is 0.293 e. The number of nitrogens with zero attached hydrogens (tertiary/aromatic N) is 2. The first-order valence-electron chi connectivity index (χ1n) is 10.8. The summed E-state index contributed by atoms with van der Waals surface area (Å²) in [5, 5.41) is -0.284. The van der Waals surface area contributed by atoms with Gasteiger partial charge in [-0.25, -0.2) is 4.39 Å². The summed E-state index contributed by atoms with van der Waals surface area (Å²) in [5.74, 6) is 0.0504. The van der Waals surface area contributed by atoms with Crippen LogP contribution >= 0.6 is 11.8 Å². The Labute approximate surface area is 202 Å². The number of methoxy groups -OCH3 is 1. The number of rotatable bonds is 8. The molecule has 0 unspecified atom stereocenters. The fourth-order valence-corrected chi connectivity index (χ4v) is 4.67. The molecule has 1 fully saturated rings. The average molecular weight is 481 g/mol. The maximum absolute atomic E-state index is 13.8. The molecule has 0 atom stereocenters. The number of aryl methyl sites for hydroxylation is 1. The Balaban J connectivity index is 1.51. The van der Waals surface area contributed by atoms with Crippen molar-refractivity contribution in [2.75, 3.05) is 20.3 Å². The molecule has 0 bridgehead atoms. The Morgan fingerprint density at radius 2 is 1.79 bits per heavy atom. The number of amides is 2. The molecule has 1 aliphatic rings. The first kappa shape index (κ1) is 23.8. The van der Waals surface area contributed by atoms with Gasteiger partial charge in [-0.2, -0.15) is 0 Å². The third kappa shape index (κ3) is 4.93. The molecule has 2 amide bonds. The number of halogens is 1. The van der Waals surface area contributed by atoms with Crippen molar-refractivity contribution in [3.8, 4) is 11.4 Å². The minimum absolute atomic E-state index is 0.150. The summed E-state index contributed by atoms with van der Waals surface area (Å²) < 4.78 is 26.6. The fourth-order valence-electron chi connectivity index (χ4n) is 3.82. The zero-order valence-electron chi connectivity index (χ0n) is 19.2. The van der Waals surface area contributed by atoms with E-state index in [2.05, 4.69) is 4.57 Å². The topological polar surface area (TPSA) is 60.8 Å². The summed E-state index contributed by atoms with van der Waals surface area (Å²) in [5.41, 5.74) is 4.24. The van der Waals surface area contributed by atoms with E-state index in [-0.39, 0.29) is 30.1 Å². The van der Waals surface area contributed by atoms with Crippen LogP contribution in [0.1, 0.15) is 22.5 Å². The highest BCUT2D eigenvalue weighted by Crippen LogP contribution is 2.33. The zero-order chi connectivity index (χ0) is 24.2. The van der Waals surface area contributed by atoms with Crippen LogP contribution < -0.4 is 4.74 Å². The van der Waals surface area contributed by atoms with Crippen LogP contribution in [0.15, 0.2) is 59.5 Å². The van der Waals surface area contributed by atoms with Crippen molar-refractivity contribution in [3.63, 3.8) is 0 Å². The van der Waals surface area contributed by atoms with Crippen molar-refractivity contribution in [2.24, 2.45) is 0 Å². The van der Waals surface area contributed by atoms with Crippen LogP contribution in [0.5, 0.6) is 5.75 Å². The van der Waals surface area contributed by atoms with E-state index in [9.17, 15) is 14.0 Å². The Hall–Kier alpha value is -3.36. The number of hydrogen-bond donors (Lipinski definition) is 0. The monoisotopic (exact) mass is 480 g/mol. The van der Waals surface area contributed by atoms with Crippen molar-refractivity contribution < 1.29 is 23.5 Å². The molecule has 3 aromatic rings. The standard InChI is InChI=1S/C26H25FN2O4S/c1-17-14-20(15-24-25(30)28(12-13-32-3)26(31)34-24)18(2)29(17)21-8-10-22(11-9-21)33-16-19-6-4-5-7-23(19)27/h4-11,14-15H,12-13,16H2,1-3H3/b24-15+. The highest BCUT2D eigenvalue weighted by Gasteiger charge is 2.34. The molecule has 34 heavy (non-hydrogen) atoms. The summed E-state index contributed by atoms with van der Waals surface area (Å²) >= 11 is 0.944. The van der Waals surface area contributed by atoms with E-state index >= 15 is 0 Å². The Morgan fingerprint density at radius 1 is 1.06 bits per heavy atom. The molecule has 2 aromatic carbocycles. The minimum Gasteiger partial charge on any atom is -0.489 e. The molecule has 0 saturated carbocycles. The van der Waals surface area contributed by atoms with E-state index < -0.39 is 0 Å². The Morgan fingerprint density at radius 3 is 2.50 bits per heavy atom. The molecule has 4 rings (SSSR count). The molecule has 8 heteroatoms. The van der Waals surface area contributed by atoms with E-state index in [1.54, 1.807) is 24.3 Å². The van der Waals surface area contributed by atoms with Crippen molar-refractivity contribution >= 4 is 29.0 Å². The highest BCUT2D eigenvalue weighted by molar-refractivity contribution is 8.18. The van der Waals surface area contributed by atoms with Crippen molar-refractivity contribution in [3.05, 3.63) is 87.8 Å². The molecular weight excluding hydrogens is 455 g/mol. The lowest BCUT2D eigenvalue weighted by Gasteiger charge is -2.12. The quantitative estimate of drug-likeness (QED) is 0.399. The van der Waals surface area contributed by atoms with Gasteiger partial charge < -0.3 is 14.0 Å². The molecule has 176 valence electrons. The minimum atomic E-state index is -0.298. The molecule has 0 radical (unpaired) electrons. The number of aromatic nitrogens is 1. The second-order valence-electron chi connectivity index (χ2n) is 7.86. The molecule has 0 aliphatic carbocycles. The Kier molecular flexibility index (Phi) is 7.19. The zero-order valence-corrected chi connectivity index (χ0v) is 20.0. The van der Waals surface area contributed by atoms with E-state index in [0.29, 0.717) is 22.8 Å². The van der Waals surface area contributed by atoms with Crippen LogP contribution in [0.2, 0.25) is 0 Å². The third-order valence-electron chi connectivity index (χ3n) is 5.60. The number of ether oxygens (including phenoxy) is 2. The summed E-state index contributed by atoms with van der Waals surface area (Å²) in [6.45, 7) is 4.65. The molecular formula is C26H25FN2O4S. The maximum Gasteiger partial charge on any atom is 0.293 e. The SMILES string of the molecule is COCCN1C(=O)S/C(=C/c2cc(C)n(-c3ccc(OCc4ccccc4F)cc3)c2C)C1=O. The van der Waals surface area contributed by atoms with Gasteiger partial charge in [-0.3, -0.25) is 14.5 Å².